The number of hydrogen-bond donors (Lipinski definition) is 1. The van der Waals surface area contributed by atoms with Crippen LogP contribution in [0.3, 0.4) is 0 Å². The van der Waals surface area contributed by atoms with E-state index in [1.54, 1.807) is 24.3 Å². The van der Waals surface area contributed by atoms with Gasteiger partial charge in [0.1, 0.15) is 0 Å². The molecule has 0 spiro atoms. The molecule has 0 aliphatic carbocycles. The second kappa shape index (κ2) is 8.20. The van der Waals surface area contributed by atoms with Crippen LogP contribution in [-0.2, 0) is 25.1 Å². The Morgan fingerprint density at radius 2 is 1.76 bits per heavy atom. The highest BCUT2D eigenvalue weighted by atomic mass is 32.2. The summed E-state index contributed by atoms with van der Waals surface area (Å²) in [5.74, 6) is 0.135. The largest absolute Gasteiger partial charge is 0.381 e. The molecule has 0 atom stereocenters. The van der Waals surface area contributed by atoms with E-state index in [4.69, 9.17) is 4.74 Å². The van der Waals surface area contributed by atoms with Crippen LogP contribution in [0.4, 0.5) is 11.4 Å². The smallest absolute Gasteiger partial charge is 0.235 e. The van der Waals surface area contributed by atoms with Crippen LogP contribution in [0.5, 0.6) is 0 Å². The average Bonchev–Trinajstić information content (AvgIpc) is 3.25. The summed E-state index contributed by atoms with van der Waals surface area (Å²) in [7, 11) is -3.23. The minimum Gasteiger partial charge on any atom is -0.381 e. The Labute approximate surface area is 171 Å². The molecule has 4 rings (SSSR count). The van der Waals surface area contributed by atoms with Crippen LogP contribution in [0, 0.1) is 0 Å². The maximum atomic E-state index is 12.8. The molecular formula is C21H27N3O4S. The van der Waals surface area contributed by atoms with Gasteiger partial charge in [-0.3, -0.25) is 9.10 Å². The fraction of sp³-hybridized carbons (Fsp3) is 0.476. The van der Waals surface area contributed by atoms with Gasteiger partial charge < -0.3 is 14.6 Å². The molecule has 8 heteroatoms. The average molecular weight is 418 g/mol. The summed E-state index contributed by atoms with van der Waals surface area (Å²) in [4.78, 5) is 12.8. The van der Waals surface area contributed by atoms with Crippen LogP contribution in [0.2, 0.25) is 0 Å². The van der Waals surface area contributed by atoms with Crippen molar-refractivity contribution in [1.82, 2.24) is 4.57 Å². The molecule has 3 heterocycles. The third-order valence-electron chi connectivity index (χ3n) is 5.85. The summed E-state index contributed by atoms with van der Waals surface area (Å²) >= 11 is 0. The van der Waals surface area contributed by atoms with Gasteiger partial charge in [-0.15, -0.1) is 0 Å². The summed E-state index contributed by atoms with van der Waals surface area (Å²) in [6.07, 6.45) is 7.54. The molecule has 1 aromatic carbocycles. The number of ether oxygens (including phenoxy) is 1. The third-order valence-corrected chi connectivity index (χ3v) is 7.72. The van der Waals surface area contributed by atoms with Crippen LogP contribution >= 0.6 is 0 Å². The summed E-state index contributed by atoms with van der Waals surface area (Å²) in [6, 6.07) is 11.0. The number of rotatable bonds is 5. The van der Waals surface area contributed by atoms with E-state index < -0.39 is 10.0 Å². The van der Waals surface area contributed by atoms with Crippen molar-refractivity contribution in [1.29, 1.82) is 0 Å². The van der Waals surface area contributed by atoms with Gasteiger partial charge in [0.05, 0.1) is 23.4 Å². The zero-order valence-electron chi connectivity index (χ0n) is 16.4. The fourth-order valence-electron chi connectivity index (χ4n) is 4.22. The molecule has 0 radical (unpaired) electrons. The number of amides is 1. The van der Waals surface area contributed by atoms with Crippen molar-refractivity contribution in [2.24, 2.45) is 0 Å². The molecule has 2 aromatic rings. The SMILES string of the molecule is O=C(CC1(n2cccc2)CCOCC1)Nc1ccc(N2CCCCS2(=O)=O)cc1. The van der Waals surface area contributed by atoms with Gasteiger partial charge >= 0.3 is 0 Å². The highest BCUT2D eigenvalue weighted by Crippen LogP contribution is 2.33. The third kappa shape index (κ3) is 4.33. The lowest BCUT2D eigenvalue weighted by molar-refractivity contribution is -0.119. The van der Waals surface area contributed by atoms with Gasteiger partial charge in [-0.2, -0.15) is 0 Å². The number of carbonyl (C=O) groups excluding carboxylic acids is 1. The predicted molar refractivity (Wildman–Crippen MR) is 113 cm³/mol. The van der Waals surface area contributed by atoms with E-state index in [1.165, 1.54) is 4.31 Å². The molecule has 2 saturated heterocycles. The van der Waals surface area contributed by atoms with E-state index in [9.17, 15) is 13.2 Å². The van der Waals surface area contributed by atoms with Crippen molar-refractivity contribution in [2.45, 2.75) is 37.6 Å². The first-order chi connectivity index (χ1) is 14.0. The van der Waals surface area contributed by atoms with Crippen molar-refractivity contribution < 1.29 is 17.9 Å². The van der Waals surface area contributed by atoms with E-state index in [1.807, 2.05) is 24.5 Å². The van der Waals surface area contributed by atoms with Gasteiger partial charge in [-0.1, -0.05) is 0 Å². The number of aromatic nitrogens is 1. The standard InChI is InChI=1S/C21H27N3O4S/c25-20(17-21(9-14-28-15-10-21)23-11-1-2-12-23)22-18-5-7-19(8-6-18)24-13-3-4-16-29(24,26)27/h1-2,5-8,11-12H,3-4,9-10,13-17H2,(H,22,25). The van der Waals surface area contributed by atoms with E-state index in [2.05, 4.69) is 9.88 Å². The molecule has 1 amide bonds. The van der Waals surface area contributed by atoms with Gasteiger partial charge in [0.25, 0.3) is 0 Å². The lowest BCUT2D eigenvalue weighted by Crippen LogP contribution is -2.42. The lowest BCUT2D eigenvalue weighted by Gasteiger charge is -2.38. The van der Waals surface area contributed by atoms with E-state index in [0.29, 0.717) is 44.0 Å². The Hall–Kier alpha value is -2.32. The first-order valence-electron chi connectivity index (χ1n) is 10.1. The number of nitrogens with zero attached hydrogens (tertiary/aromatic N) is 2. The Balaban J connectivity index is 1.44. The quantitative estimate of drug-likeness (QED) is 0.811. The number of carbonyl (C=O) groups is 1. The monoisotopic (exact) mass is 417 g/mol. The minimum absolute atomic E-state index is 0.0565. The van der Waals surface area contributed by atoms with Gasteiger partial charge in [0.15, 0.2) is 0 Å². The van der Waals surface area contributed by atoms with E-state index >= 15 is 0 Å². The van der Waals surface area contributed by atoms with Crippen LogP contribution < -0.4 is 9.62 Å². The first-order valence-corrected chi connectivity index (χ1v) is 11.7. The molecule has 2 aliphatic rings. The molecule has 2 aliphatic heterocycles. The van der Waals surface area contributed by atoms with Crippen molar-refractivity contribution in [3.63, 3.8) is 0 Å². The highest BCUT2D eigenvalue weighted by molar-refractivity contribution is 7.92. The number of benzene rings is 1. The van der Waals surface area contributed by atoms with E-state index in [-0.39, 0.29) is 17.2 Å². The molecule has 0 unspecified atom stereocenters. The summed E-state index contributed by atoms with van der Waals surface area (Å²) in [6.45, 7) is 1.80. The van der Waals surface area contributed by atoms with E-state index in [0.717, 1.165) is 19.3 Å². The summed E-state index contributed by atoms with van der Waals surface area (Å²) in [5.41, 5.74) is 1.05. The summed E-state index contributed by atoms with van der Waals surface area (Å²) < 4.78 is 33.6. The number of sulfonamides is 1. The highest BCUT2D eigenvalue weighted by Gasteiger charge is 2.36. The molecule has 29 heavy (non-hydrogen) atoms. The maximum absolute atomic E-state index is 12.8. The second-order valence-electron chi connectivity index (χ2n) is 7.79. The molecule has 2 fully saturated rings. The fourth-order valence-corrected chi connectivity index (χ4v) is 5.86. The van der Waals surface area contributed by atoms with Crippen LogP contribution in [0.15, 0.2) is 48.8 Å². The first kappa shape index (κ1) is 20.0. The van der Waals surface area contributed by atoms with Gasteiger partial charge in [0.2, 0.25) is 15.9 Å². The van der Waals surface area contributed by atoms with Crippen molar-refractivity contribution >= 4 is 27.3 Å². The number of anilines is 2. The summed E-state index contributed by atoms with van der Waals surface area (Å²) in [5, 5.41) is 2.97. The van der Waals surface area contributed by atoms with Crippen molar-refractivity contribution in [3.8, 4) is 0 Å². The molecule has 156 valence electrons. The van der Waals surface area contributed by atoms with Crippen LogP contribution in [0.1, 0.15) is 32.1 Å². The molecule has 1 aromatic heterocycles. The Morgan fingerprint density at radius 1 is 1.07 bits per heavy atom. The normalized spacial score (nSPS) is 20.9. The zero-order valence-corrected chi connectivity index (χ0v) is 17.2. The Kier molecular flexibility index (Phi) is 5.65. The number of nitrogens with one attached hydrogen (secondary N) is 1. The molecular weight excluding hydrogens is 390 g/mol. The maximum Gasteiger partial charge on any atom is 0.235 e. The zero-order chi connectivity index (χ0) is 20.3. The van der Waals surface area contributed by atoms with Crippen LogP contribution in [-0.4, -0.2) is 44.4 Å². The Morgan fingerprint density at radius 3 is 2.41 bits per heavy atom. The molecule has 0 saturated carbocycles. The van der Waals surface area contributed by atoms with Gasteiger partial charge in [-0.25, -0.2) is 8.42 Å². The van der Waals surface area contributed by atoms with Crippen molar-refractivity contribution in [2.75, 3.05) is 35.1 Å². The molecule has 0 bridgehead atoms. The van der Waals surface area contributed by atoms with Crippen molar-refractivity contribution in [3.05, 3.63) is 48.8 Å². The number of hydrogen-bond acceptors (Lipinski definition) is 4. The lowest BCUT2D eigenvalue weighted by atomic mass is 9.86. The minimum atomic E-state index is -3.23. The van der Waals surface area contributed by atoms with Gasteiger partial charge in [-0.05, 0) is 62.1 Å². The molecule has 7 nitrogen and oxygen atoms in total. The topological polar surface area (TPSA) is 80.6 Å². The predicted octanol–water partition coefficient (Wildman–Crippen LogP) is 2.95. The van der Waals surface area contributed by atoms with Gasteiger partial charge in [0, 0.05) is 37.8 Å². The second-order valence-corrected chi connectivity index (χ2v) is 9.81. The Bertz CT molecular complexity index is 933. The van der Waals surface area contributed by atoms with Crippen LogP contribution in [0.25, 0.3) is 0 Å². The molecule has 1 N–H and O–H groups in total.